The van der Waals surface area contributed by atoms with Gasteiger partial charge in [-0.25, -0.2) is 4.79 Å². The topological polar surface area (TPSA) is 248 Å². The van der Waals surface area contributed by atoms with E-state index < -0.39 is 30.1 Å². The molecule has 0 unspecified atom stereocenters. The van der Waals surface area contributed by atoms with Gasteiger partial charge in [-0.05, 0) is 27.7 Å². The van der Waals surface area contributed by atoms with Crippen LogP contribution in [0.15, 0.2) is 0 Å². The molecule has 0 aromatic heterocycles. The summed E-state index contributed by atoms with van der Waals surface area (Å²) in [6.45, 7) is 6.00. The maximum atomic E-state index is 10.3. The molecular weight excluding hydrogens is 568 g/mol. The number of carboxylic acid groups (broad SMARTS) is 2. The van der Waals surface area contributed by atoms with Crippen molar-refractivity contribution in [3.05, 3.63) is 0 Å². The maximum absolute atomic E-state index is 10.3. The van der Waals surface area contributed by atoms with Crippen molar-refractivity contribution in [2.24, 2.45) is 0 Å². The molecule has 0 aromatic rings. The standard InChI is InChI=1S/C7H8O5.2C7H12O3.C5H8O5/c8-3-6(10)1-2-12-5-7(11)4-9;2*1-6(8)3-4-10-5-7(2)9;6-4(7)1-2-10-3-5(8)9/h3-4H,1-2,5H2;2*3-5H2,1-2H3;1-3H2,(H,6,7)(H,8,9). The van der Waals surface area contributed by atoms with E-state index >= 15 is 0 Å². The number of Topliss-reactive ketones (excluding diaryl/α,β-unsaturated/α-hetero) is 6. The van der Waals surface area contributed by atoms with E-state index in [1.165, 1.54) is 27.7 Å². The third-order valence-corrected chi connectivity index (χ3v) is 3.49. The number of hydrogen-bond acceptors (Lipinski definition) is 14. The molecule has 0 saturated heterocycles. The van der Waals surface area contributed by atoms with Gasteiger partial charge < -0.3 is 29.2 Å². The quantitative estimate of drug-likeness (QED) is 0.0903. The van der Waals surface area contributed by atoms with Crippen molar-refractivity contribution in [3.8, 4) is 0 Å². The largest absolute Gasteiger partial charge is 0.481 e. The second kappa shape index (κ2) is 33.3. The minimum Gasteiger partial charge on any atom is -0.481 e. The van der Waals surface area contributed by atoms with Gasteiger partial charge in [-0.2, -0.15) is 0 Å². The molecule has 0 atom stereocenters. The van der Waals surface area contributed by atoms with Crippen LogP contribution >= 0.6 is 0 Å². The van der Waals surface area contributed by atoms with Crippen molar-refractivity contribution >= 4 is 59.2 Å². The van der Waals surface area contributed by atoms with E-state index in [9.17, 15) is 47.9 Å². The molecular formula is C26H40O16. The summed E-state index contributed by atoms with van der Waals surface area (Å²) in [5.41, 5.74) is 0. The van der Waals surface area contributed by atoms with E-state index in [0.29, 0.717) is 26.1 Å². The Kier molecular flexibility index (Phi) is 35.8. The average Bonchev–Trinajstić information content (AvgIpc) is 2.89. The van der Waals surface area contributed by atoms with Gasteiger partial charge in [-0.15, -0.1) is 0 Å². The molecule has 0 aliphatic carbocycles. The lowest BCUT2D eigenvalue weighted by Crippen LogP contribution is -2.12. The monoisotopic (exact) mass is 608 g/mol. The van der Waals surface area contributed by atoms with Crippen LogP contribution in [0.1, 0.15) is 53.4 Å². The number of aldehydes is 2. The lowest BCUT2D eigenvalue weighted by molar-refractivity contribution is -0.145. The van der Waals surface area contributed by atoms with E-state index in [0.717, 1.165) is 0 Å². The van der Waals surface area contributed by atoms with Crippen molar-refractivity contribution < 1.29 is 77.1 Å². The molecule has 0 bridgehead atoms. The summed E-state index contributed by atoms with van der Waals surface area (Å²) in [5, 5.41) is 16.1. The lowest BCUT2D eigenvalue weighted by atomic mass is 10.3. The molecule has 0 fully saturated rings. The fourth-order valence-corrected chi connectivity index (χ4v) is 1.62. The van der Waals surface area contributed by atoms with E-state index in [-0.39, 0.29) is 81.6 Å². The normalized spacial score (nSPS) is 9.24. The Balaban J connectivity index is -0.000000230. The van der Waals surface area contributed by atoms with Crippen molar-refractivity contribution in [3.63, 3.8) is 0 Å². The Morgan fingerprint density at radius 3 is 1.14 bits per heavy atom. The third-order valence-electron chi connectivity index (χ3n) is 3.49. The van der Waals surface area contributed by atoms with Gasteiger partial charge in [0, 0.05) is 19.3 Å². The van der Waals surface area contributed by atoms with Crippen LogP contribution in [0.2, 0.25) is 0 Å². The maximum Gasteiger partial charge on any atom is 0.329 e. The number of carboxylic acids is 2. The first-order chi connectivity index (χ1) is 19.6. The van der Waals surface area contributed by atoms with E-state index in [2.05, 4.69) is 9.47 Å². The molecule has 16 nitrogen and oxygen atoms in total. The van der Waals surface area contributed by atoms with Crippen LogP contribution in [-0.4, -0.2) is 122 Å². The van der Waals surface area contributed by atoms with Crippen molar-refractivity contribution in [2.75, 3.05) is 52.9 Å². The predicted octanol–water partition coefficient (Wildman–Crippen LogP) is -0.366. The molecule has 0 heterocycles. The van der Waals surface area contributed by atoms with Gasteiger partial charge >= 0.3 is 11.9 Å². The first-order valence-electron chi connectivity index (χ1n) is 12.3. The summed E-state index contributed by atoms with van der Waals surface area (Å²) in [6.07, 6.45) is 0.899. The smallest absolute Gasteiger partial charge is 0.329 e. The predicted molar refractivity (Wildman–Crippen MR) is 142 cm³/mol. The minimum absolute atomic E-state index is 0.0106. The summed E-state index contributed by atoms with van der Waals surface area (Å²) in [7, 11) is 0. The zero-order valence-corrected chi connectivity index (χ0v) is 24.2. The van der Waals surface area contributed by atoms with Gasteiger partial charge in [0.25, 0.3) is 0 Å². The second-order valence-corrected chi connectivity index (χ2v) is 7.97. The Hall–Kier alpha value is -3.86. The molecule has 0 spiro atoms. The highest BCUT2D eigenvalue weighted by Gasteiger charge is 2.02. The number of ketones is 6. The molecule has 0 saturated carbocycles. The van der Waals surface area contributed by atoms with Crippen LogP contribution < -0.4 is 0 Å². The summed E-state index contributed by atoms with van der Waals surface area (Å²) in [4.78, 5) is 101. The summed E-state index contributed by atoms with van der Waals surface area (Å²) in [5.74, 6) is -3.21. The van der Waals surface area contributed by atoms with E-state index in [4.69, 9.17) is 19.7 Å². The highest BCUT2D eigenvalue weighted by Crippen LogP contribution is 1.85. The highest BCUT2D eigenvalue weighted by molar-refractivity contribution is 6.25. The Bertz CT molecular complexity index is 716. The first-order valence-corrected chi connectivity index (χ1v) is 12.3. The number of hydrogen-bond donors (Lipinski definition) is 2. The molecule has 0 radical (unpaired) electrons. The molecule has 16 heteroatoms. The summed E-state index contributed by atoms with van der Waals surface area (Å²) in [6, 6.07) is 0. The van der Waals surface area contributed by atoms with E-state index in [1.807, 2.05) is 0 Å². The Morgan fingerprint density at radius 1 is 0.452 bits per heavy atom. The SMILES string of the molecule is CC(=O)CCOCC(C)=O.CC(=O)CCOCC(C)=O.O=C(O)CCOCC(=O)O.O=CC(=O)CCOCC(=O)C=O. The second-order valence-electron chi connectivity index (χ2n) is 7.97. The fraction of sp³-hybridized carbons (Fsp3) is 0.615. The molecule has 0 amide bonds. The van der Waals surface area contributed by atoms with Gasteiger partial charge in [-0.3, -0.25) is 43.2 Å². The fourth-order valence-electron chi connectivity index (χ4n) is 1.62. The van der Waals surface area contributed by atoms with Gasteiger partial charge in [0.1, 0.15) is 38.0 Å². The Morgan fingerprint density at radius 2 is 0.810 bits per heavy atom. The minimum atomic E-state index is -1.09. The number of aliphatic carboxylic acids is 2. The van der Waals surface area contributed by atoms with Crippen molar-refractivity contribution in [2.45, 2.75) is 53.4 Å². The van der Waals surface area contributed by atoms with Crippen molar-refractivity contribution in [1.82, 2.24) is 0 Å². The third kappa shape index (κ3) is 56.4. The van der Waals surface area contributed by atoms with Crippen LogP contribution in [0, 0.1) is 0 Å². The molecule has 2 N–H and O–H groups in total. The Labute approximate surface area is 243 Å². The van der Waals surface area contributed by atoms with E-state index in [1.54, 1.807) is 0 Å². The summed E-state index contributed by atoms with van der Waals surface area (Å²) < 4.78 is 18.7. The molecule has 0 aliphatic rings. The zero-order valence-electron chi connectivity index (χ0n) is 24.2. The van der Waals surface area contributed by atoms with Crippen LogP contribution in [0.25, 0.3) is 0 Å². The van der Waals surface area contributed by atoms with Gasteiger partial charge in [0.05, 0.1) is 32.8 Å². The zero-order chi connectivity index (χ0) is 33.3. The molecule has 0 aromatic carbocycles. The average molecular weight is 609 g/mol. The number of ether oxygens (including phenoxy) is 4. The molecule has 0 rings (SSSR count). The van der Waals surface area contributed by atoms with Crippen LogP contribution in [0.4, 0.5) is 0 Å². The van der Waals surface area contributed by atoms with Gasteiger partial charge in [0.15, 0.2) is 29.9 Å². The van der Waals surface area contributed by atoms with Crippen LogP contribution in [0.3, 0.4) is 0 Å². The molecule has 240 valence electrons. The van der Waals surface area contributed by atoms with Gasteiger partial charge in [0.2, 0.25) is 5.78 Å². The molecule has 42 heavy (non-hydrogen) atoms. The molecule has 0 aliphatic heterocycles. The number of rotatable bonds is 22. The summed E-state index contributed by atoms with van der Waals surface area (Å²) >= 11 is 0. The van der Waals surface area contributed by atoms with Crippen LogP contribution in [-0.2, 0) is 66.9 Å². The highest BCUT2D eigenvalue weighted by atomic mass is 16.5. The van der Waals surface area contributed by atoms with Gasteiger partial charge in [-0.1, -0.05) is 0 Å². The lowest BCUT2D eigenvalue weighted by Gasteiger charge is -1.97. The number of carbonyl (C=O) groups excluding carboxylic acids is 8. The first kappa shape index (κ1) is 45.1. The number of carbonyl (C=O) groups is 10. The van der Waals surface area contributed by atoms with Crippen LogP contribution in [0.5, 0.6) is 0 Å². The van der Waals surface area contributed by atoms with Crippen molar-refractivity contribution in [1.29, 1.82) is 0 Å².